The van der Waals surface area contributed by atoms with E-state index in [0.717, 1.165) is 77.3 Å². The van der Waals surface area contributed by atoms with Crippen molar-refractivity contribution < 1.29 is 9.53 Å². The fourth-order valence-electron chi connectivity index (χ4n) is 6.00. The number of carbonyl (C=O) groups is 1. The molecule has 4 aromatic rings. The fraction of sp³-hybridized carbons (Fsp3) is 0.267. The highest BCUT2D eigenvalue weighted by Crippen LogP contribution is 2.65. The van der Waals surface area contributed by atoms with Crippen LogP contribution >= 0.6 is 0 Å². The second-order valence-electron chi connectivity index (χ2n) is 10.2. The summed E-state index contributed by atoms with van der Waals surface area (Å²) in [6.45, 7) is 4.16. The number of aromatic nitrogens is 2. The lowest BCUT2D eigenvalue weighted by molar-refractivity contribution is -0.118. The van der Waals surface area contributed by atoms with Crippen molar-refractivity contribution in [2.45, 2.75) is 17.8 Å². The molecule has 7 heteroatoms. The molecular formula is C30H29N5O2. The van der Waals surface area contributed by atoms with Crippen LogP contribution in [0.1, 0.15) is 34.7 Å². The Morgan fingerprint density at radius 3 is 2.68 bits per heavy atom. The van der Waals surface area contributed by atoms with Gasteiger partial charge in [0, 0.05) is 48.9 Å². The van der Waals surface area contributed by atoms with Crippen LogP contribution in [0.2, 0.25) is 0 Å². The molecule has 2 fully saturated rings. The van der Waals surface area contributed by atoms with Crippen LogP contribution in [0.4, 0.5) is 11.4 Å². The number of anilines is 2. The van der Waals surface area contributed by atoms with Crippen LogP contribution in [-0.2, 0) is 10.2 Å². The third kappa shape index (κ3) is 3.61. The molecule has 1 unspecified atom stereocenters. The second kappa shape index (κ2) is 8.49. The summed E-state index contributed by atoms with van der Waals surface area (Å²) in [4.78, 5) is 15.4. The maximum atomic E-state index is 13.0. The van der Waals surface area contributed by atoms with E-state index >= 15 is 0 Å². The molecule has 2 aliphatic heterocycles. The molecule has 0 bridgehead atoms. The molecule has 3 N–H and O–H groups in total. The largest absolute Gasteiger partial charge is 0.497 e. The van der Waals surface area contributed by atoms with Crippen molar-refractivity contribution >= 4 is 40.3 Å². The average Bonchev–Trinajstić information content (AvgIpc) is 3.49. The standard InChI is InChI=1S/C30H29N5O2/c1-37-22-8-11-27-24(17-22)30(29(36)32-27)18-25(30)20-5-9-23-26(33-34-28(23)16-20)10-4-19-2-6-21(7-3-19)35-14-12-31-13-15-35/h2-11,16-17,25,31H,12-15,18H2,1H3,(H,32,36)(H,33,34)/b10-4+/t25-,30?/m0/s1. The molecule has 2 atom stereocenters. The lowest BCUT2D eigenvalue weighted by Gasteiger charge is -2.29. The van der Waals surface area contributed by atoms with Crippen molar-refractivity contribution in [1.29, 1.82) is 0 Å². The second-order valence-corrected chi connectivity index (χ2v) is 10.2. The number of ether oxygens (including phenoxy) is 1. The van der Waals surface area contributed by atoms with Crippen molar-refractivity contribution in [3.05, 3.63) is 83.0 Å². The lowest BCUT2D eigenvalue weighted by atomic mass is 9.91. The van der Waals surface area contributed by atoms with Crippen LogP contribution in [0, 0.1) is 0 Å². The van der Waals surface area contributed by atoms with E-state index in [9.17, 15) is 4.79 Å². The van der Waals surface area contributed by atoms with Gasteiger partial charge in [-0.2, -0.15) is 5.10 Å². The topological polar surface area (TPSA) is 82.3 Å². The summed E-state index contributed by atoms with van der Waals surface area (Å²) in [7, 11) is 1.66. The van der Waals surface area contributed by atoms with Gasteiger partial charge < -0.3 is 20.3 Å². The molecule has 3 aliphatic rings. The lowest BCUT2D eigenvalue weighted by Crippen LogP contribution is -2.43. The summed E-state index contributed by atoms with van der Waals surface area (Å²) in [6.07, 6.45) is 4.97. The third-order valence-electron chi connectivity index (χ3n) is 8.15. The van der Waals surface area contributed by atoms with Gasteiger partial charge in [-0.15, -0.1) is 0 Å². The maximum absolute atomic E-state index is 13.0. The van der Waals surface area contributed by atoms with Crippen LogP contribution in [-0.4, -0.2) is 49.4 Å². The third-order valence-corrected chi connectivity index (χ3v) is 8.15. The van der Waals surface area contributed by atoms with E-state index in [0.29, 0.717) is 0 Å². The van der Waals surface area contributed by atoms with E-state index in [1.54, 1.807) is 7.11 Å². The minimum atomic E-state index is -0.503. The number of hydrogen-bond donors (Lipinski definition) is 3. The zero-order valence-corrected chi connectivity index (χ0v) is 20.8. The van der Waals surface area contributed by atoms with Gasteiger partial charge in [-0.1, -0.05) is 30.3 Å². The van der Waals surface area contributed by atoms with Gasteiger partial charge in [0.25, 0.3) is 0 Å². The number of amides is 1. The highest BCUT2D eigenvalue weighted by molar-refractivity contribution is 6.10. The Balaban J connectivity index is 1.11. The minimum absolute atomic E-state index is 0.0806. The number of hydrogen-bond acceptors (Lipinski definition) is 5. The van der Waals surface area contributed by atoms with Crippen LogP contribution in [0.15, 0.2) is 60.7 Å². The first kappa shape index (κ1) is 22.1. The normalized spacial score (nSPS) is 22.6. The predicted octanol–water partition coefficient (Wildman–Crippen LogP) is 4.53. The van der Waals surface area contributed by atoms with Gasteiger partial charge in [0.2, 0.25) is 5.91 Å². The quantitative estimate of drug-likeness (QED) is 0.382. The molecule has 3 heterocycles. The molecular weight excluding hydrogens is 462 g/mol. The Hall–Kier alpha value is -4.10. The van der Waals surface area contributed by atoms with Gasteiger partial charge in [-0.25, -0.2) is 0 Å². The van der Waals surface area contributed by atoms with Crippen molar-refractivity contribution in [1.82, 2.24) is 15.5 Å². The predicted molar refractivity (Wildman–Crippen MR) is 147 cm³/mol. The number of piperazine rings is 1. The molecule has 37 heavy (non-hydrogen) atoms. The molecule has 0 radical (unpaired) electrons. The Morgan fingerprint density at radius 2 is 1.86 bits per heavy atom. The molecule has 186 valence electrons. The Bertz CT molecular complexity index is 1530. The highest BCUT2D eigenvalue weighted by Gasteiger charge is 2.65. The van der Waals surface area contributed by atoms with Crippen molar-refractivity contribution in [2.24, 2.45) is 0 Å². The fourth-order valence-corrected chi connectivity index (χ4v) is 6.00. The summed E-state index contributed by atoms with van der Waals surface area (Å²) in [5, 5.41) is 15.3. The van der Waals surface area contributed by atoms with E-state index in [1.807, 2.05) is 18.2 Å². The van der Waals surface area contributed by atoms with E-state index in [4.69, 9.17) is 4.74 Å². The Morgan fingerprint density at radius 1 is 1.03 bits per heavy atom. The zero-order chi connectivity index (χ0) is 25.0. The Kier molecular flexibility index (Phi) is 5.08. The summed E-state index contributed by atoms with van der Waals surface area (Å²) >= 11 is 0. The van der Waals surface area contributed by atoms with E-state index in [2.05, 4.69) is 80.3 Å². The number of carbonyl (C=O) groups excluding carboxylic acids is 1. The summed E-state index contributed by atoms with van der Waals surface area (Å²) in [5.41, 5.74) is 6.89. The molecule has 1 aromatic heterocycles. The first-order valence-electron chi connectivity index (χ1n) is 12.9. The first-order valence-corrected chi connectivity index (χ1v) is 12.9. The van der Waals surface area contributed by atoms with E-state index < -0.39 is 5.41 Å². The van der Waals surface area contributed by atoms with Crippen LogP contribution in [0.5, 0.6) is 5.75 Å². The Labute approximate surface area is 215 Å². The monoisotopic (exact) mass is 491 g/mol. The molecule has 1 saturated heterocycles. The molecule has 1 saturated carbocycles. The first-order chi connectivity index (χ1) is 18.2. The number of nitrogens with zero attached hydrogens (tertiary/aromatic N) is 2. The summed E-state index contributed by atoms with van der Waals surface area (Å²) in [6, 6.07) is 20.9. The van der Waals surface area contributed by atoms with Crippen molar-refractivity contribution in [3.63, 3.8) is 0 Å². The number of nitrogens with one attached hydrogen (secondary N) is 3. The van der Waals surface area contributed by atoms with Crippen molar-refractivity contribution in [3.8, 4) is 5.75 Å². The van der Waals surface area contributed by atoms with Gasteiger partial charge in [0.15, 0.2) is 0 Å². The van der Waals surface area contributed by atoms with Gasteiger partial charge >= 0.3 is 0 Å². The van der Waals surface area contributed by atoms with E-state index in [-0.39, 0.29) is 11.8 Å². The smallest absolute Gasteiger partial charge is 0.235 e. The van der Waals surface area contributed by atoms with Crippen LogP contribution < -0.4 is 20.3 Å². The number of benzene rings is 3. The van der Waals surface area contributed by atoms with Crippen molar-refractivity contribution in [2.75, 3.05) is 43.5 Å². The minimum Gasteiger partial charge on any atom is -0.497 e. The van der Waals surface area contributed by atoms with Gasteiger partial charge in [0.05, 0.1) is 23.7 Å². The number of methoxy groups -OCH3 is 1. The number of rotatable bonds is 5. The molecule has 3 aromatic carbocycles. The summed E-state index contributed by atoms with van der Waals surface area (Å²) < 4.78 is 5.42. The molecule has 1 aliphatic carbocycles. The molecule has 7 nitrogen and oxygen atoms in total. The number of fused-ring (bicyclic) bond motifs is 3. The average molecular weight is 492 g/mol. The highest BCUT2D eigenvalue weighted by atomic mass is 16.5. The molecule has 7 rings (SSSR count). The van der Waals surface area contributed by atoms with Gasteiger partial charge in [0.1, 0.15) is 5.75 Å². The van der Waals surface area contributed by atoms with Gasteiger partial charge in [-0.3, -0.25) is 9.89 Å². The number of aromatic amines is 1. The van der Waals surface area contributed by atoms with Crippen LogP contribution in [0.25, 0.3) is 23.1 Å². The maximum Gasteiger partial charge on any atom is 0.235 e. The SMILES string of the molecule is COc1ccc2c(c1)C1(C[C@H]1c1ccc3c(/C=C/c4ccc(N5CCNCC5)cc4)n[nH]c3c1)C(=O)N2. The molecule has 1 spiro atoms. The zero-order valence-electron chi connectivity index (χ0n) is 20.8. The van der Waals surface area contributed by atoms with Gasteiger partial charge in [-0.05, 0) is 65.6 Å². The number of H-pyrrole nitrogens is 1. The summed E-state index contributed by atoms with van der Waals surface area (Å²) in [5.74, 6) is 0.998. The van der Waals surface area contributed by atoms with E-state index in [1.165, 1.54) is 5.69 Å². The molecule has 1 amide bonds. The van der Waals surface area contributed by atoms with Crippen LogP contribution in [0.3, 0.4) is 0 Å².